The van der Waals surface area contributed by atoms with E-state index in [4.69, 9.17) is 4.42 Å². The van der Waals surface area contributed by atoms with Crippen molar-refractivity contribution in [1.82, 2.24) is 0 Å². The molecular formula is C44H36N3O2S+. The molecule has 1 atom stereocenters. The van der Waals surface area contributed by atoms with Gasteiger partial charge in [-0.15, -0.1) is 0 Å². The first-order chi connectivity index (χ1) is 24.5. The predicted octanol–water partition coefficient (Wildman–Crippen LogP) is 10.5. The Balaban J connectivity index is 1.03. The molecule has 7 aromatic rings. The van der Waals surface area contributed by atoms with Crippen LogP contribution in [0.4, 0.5) is 17.1 Å². The van der Waals surface area contributed by atoms with E-state index in [1.165, 1.54) is 21.6 Å². The molecule has 2 heterocycles. The van der Waals surface area contributed by atoms with Crippen molar-refractivity contribution in [2.24, 2.45) is 7.05 Å². The number of hydrogen-bond acceptors (Lipinski definition) is 5. The van der Waals surface area contributed by atoms with Crippen molar-refractivity contribution >= 4 is 52.3 Å². The summed E-state index contributed by atoms with van der Waals surface area (Å²) >= 11 is 1.74. The third kappa shape index (κ3) is 5.88. The van der Waals surface area contributed by atoms with Gasteiger partial charge in [0.2, 0.25) is 5.58 Å². The first-order valence-electron chi connectivity index (χ1n) is 16.7. The number of carbonyl (C=O) groups excluding carboxylic acids is 1. The highest BCUT2D eigenvalue weighted by molar-refractivity contribution is 8.03. The van der Waals surface area contributed by atoms with E-state index in [1.807, 2.05) is 43.3 Å². The normalized spacial score (nSPS) is 13.8. The Morgan fingerprint density at radius 3 is 1.90 bits per heavy atom. The van der Waals surface area contributed by atoms with Crippen LogP contribution in [0.1, 0.15) is 12.8 Å². The number of aromatic nitrogens is 1. The summed E-state index contributed by atoms with van der Waals surface area (Å²) in [6.07, 6.45) is 3.11. The number of fused-ring (bicyclic) bond motifs is 2. The molecule has 8 rings (SSSR count). The molecule has 0 N–H and O–H groups in total. The molecule has 0 saturated heterocycles. The summed E-state index contributed by atoms with van der Waals surface area (Å²) in [6.45, 7) is 1.92. The van der Waals surface area contributed by atoms with Gasteiger partial charge in [0.1, 0.15) is 13.3 Å². The first-order valence-corrected chi connectivity index (χ1v) is 17.5. The molecule has 0 saturated carbocycles. The van der Waals surface area contributed by atoms with Crippen LogP contribution in [0.5, 0.6) is 0 Å². The van der Waals surface area contributed by atoms with Crippen LogP contribution in [-0.2, 0) is 11.8 Å². The van der Waals surface area contributed by atoms with Gasteiger partial charge < -0.3 is 19.0 Å². The van der Waals surface area contributed by atoms with Crippen molar-refractivity contribution in [3.8, 4) is 33.4 Å². The molecule has 0 amide bonds. The fourth-order valence-electron chi connectivity index (χ4n) is 6.62. The second-order valence-electron chi connectivity index (χ2n) is 12.6. The Morgan fingerprint density at radius 2 is 1.22 bits per heavy atom. The minimum atomic E-state index is -0.285. The van der Waals surface area contributed by atoms with Crippen molar-refractivity contribution in [2.45, 2.75) is 17.9 Å². The molecule has 50 heavy (non-hydrogen) atoms. The number of aldehydes is 1. The average Bonchev–Trinajstić information content (AvgIpc) is 3.66. The number of anilines is 3. The van der Waals surface area contributed by atoms with Crippen LogP contribution < -0.4 is 14.4 Å². The molecule has 5 nitrogen and oxygen atoms in total. The zero-order chi connectivity index (χ0) is 34.2. The molecule has 0 aliphatic carbocycles. The smallest absolute Gasteiger partial charge is 0.376 e. The van der Waals surface area contributed by atoms with Crippen LogP contribution in [0.2, 0.25) is 0 Å². The van der Waals surface area contributed by atoms with Gasteiger partial charge in [0.25, 0.3) is 5.52 Å². The summed E-state index contributed by atoms with van der Waals surface area (Å²) in [5, 5.41) is 1.10. The van der Waals surface area contributed by atoms with Crippen LogP contribution in [0, 0.1) is 0 Å². The number of thioether (sulfide) groups is 1. The zero-order valence-electron chi connectivity index (χ0n) is 28.2. The molecule has 1 unspecified atom stereocenters. The lowest BCUT2D eigenvalue weighted by Gasteiger charge is -2.28. The lowest BCUT2D eigenvalue weighted by molar-refractivity contribution is -0.652. The average molecular weight is 671 g/mol. The Kier molecular flexibility index (Phi) is 8.31. The van der Waals surface area contributed by atoms with Crippen molar-refractivity contribution in [3.63, 3.8) is 0 Å². The largest absolute Gasteiger partial charge is 0.398 e. The van der Waals surface area contributed by atoms with Gasteiger partial charge in [-0.2, -0.15) is 4.57 Å². The highest BCUT2D eigenvalue weighted by Crippen LogP contribution is 2.47. The first kappa shape index (κ1) is 31.4. The lowest BCUT2D eigenvalue weighted by Crippen LogP contribution is -2.29. The summed E-state index contributed by atoms with van der Waals surface area (Å²) in [7, 11) is 4.17. The van der Waals surface area contributed by atoms with Crippen molar-refractivity contribution < 1.29 is 13.8 Å². The number of aryl methyl sites for hydroxylation is 1. The molecule has 1 aliphatic heterocycles. The Labute approximate surface area is 296 Å². The number of nitrogens with zero attached hydrogens (tertiary/aromatic N) is 3. The van der Waals surface area contributed by atoms with Crippen molar-refractivity contribution in [3.05, 3.63) is 157 Å². The molecule has 1 aromatic heterocycles. The topological polar surface area (TPSA) is 40.6 Å². The van der Waals surface area contributed by atoms with Crippen molar-refractivity contribution in [1.29, 1.82) is 0 Å². The van der Waals surface area contributed by atoms with Crippen LogP contribution in [0.15, 0.2) is 160 Å². The van der Waals surface area contributed by atoms with E-state index in [9.17, 15) is 4.79 Å². The van der Waals surface area contributed by atoms with Gasteiger partial charge in [0, 0.05) is 29.4 Å². The number of carbonyl (C=O) groups is 1. The molecule has 0 spiro atoms. The molecule has 0 bridgehead atoms. The predicted molar refractivity (Wildman–Crippen MR) is 206 cm³/mol. The summed E-state index contributed by atoms with van der Waals surface area (Å²) < 4.78 is 8.50. The van der Waals surface area contributed by atoms with E-state index in [0.717, 1.165) is 62.1 Å². The van der Waals surface area contributed by atoms with Gasteiger partial charge in [-0.05, 0) is 82.8 Å². The molecule has 6 aromatic carbocycles. The van der Waals surface area contributed by atoms with Gasteiger partial charge in [-0.25, -0.2) is 0 Å². The number of para-hydroxylation sites is 1. The van der Waals surface area contributed by atoms with Crippen molar-refractivity contribution in [2.75, 3.05) is 16.8 Å². The number of oxazole rings is 1. The fourth-order valence-corrected chi connectivity index (χ4v) is 7.67. The van der Waals surface area contributed by atoms with E-state index in [-0.39, 0.29) is 6.04 Å². The number of rotatable bonds is 8. The van der Waals surface area contributed by atoms with E-state index < -0.39 is 0 Å². The third-order valence-corrected chi connectivity index (χ3v) is 10.6. The van der Waals surface area contributed by atoms with Gasteiger partial charge >= 0.3 is 5.89 Å². The Morgan fingerprint density at radius 1 is 0.680 bits per heavy atom. The SMILES string of the molecule is CC(C=O)N(c1ccccc1)c1ccc(-c2ccc3c(c2)N(C)/C(=C/c2oc4ccc(-c5ccc(-c6ccccc6)cc5)cc4[n+]2C)S3)cc1. The standard InChI is InChI=1S/C44H36N3O2S/c1-30(29-48)47(37-12-8-5-9-13-37)38-22-18-34(19-23-38)36-21-25-42-40(27-36)46(3)44(50-42)28-43-45(2)39-26-35(20-24-41(39)49-43)33-16-14-32(15-17-33)31-10-6-4-7-11-31/h4-30H,1-3H3/q+1. The molecule has 244 valence electrons. The van der Waals surface area contributed by atoms with Crippen LogP contribution >= 0.6 is 11.8 Å². The molecule has 1 aliphatic rings. The number of hydrogen-bond donors (Lipinski definition) is 0. The van der Waals surface area contributed by atoms with E-state index in [2.05, 4.69) is 144 Å². The van der Waals surface area contributed by atoms with Crippen LogP contribution in [0.25, 0.3) is 50.6 Å². The minimum Gasteiger partial charge on any atom is -0.398 e. The molecular weight excluding hydrogens is 635 g/mol. The summed E-state index contributed by atoms with van der Waals surface area (Å²) in [5.41, 5.74) is 12.0. The maximum atomic E-state index is 11.8. The van der Waals surface area contributed by atoms with E-state index >= 15 is 0 Å². The highest BCUT2D eigenvalue weighted by Gasteiger charge is 2.26. The van der Waals surface area contributed by atoms with Gasteiger partial charge in [0.15, 0.2) is 0 Å². The maximum Gasteiger partial charge on any atom is 0.376 e. The summed E-state index contributed by atoms with van der Waals surface area (Å²) in [4.78, 5) is 17.3. The second kappa shape index (κ2) is 13.2. The highest BCUT2D eigenvalue weighted by atomic mass is 32.2. The van der Waals surface area contributed by atoms with Crippen LogP contribution in [0.3, 0.4) is 0 Å². The maximum absolute atomic E-state index is 11.8. The van der Waals surface area contributed by atoms with E-state index in [1.54, 1.807) is 11.8 Å². The lowest BCUT2D eigenvalue weighted by atomic mass is 10.0. The summed E-state index contributed by atoms with van der Waals surface area (Å²) in [5.74, 6) is 0.794. The zero-order valence-corrected chi connectivity index (χ0v) is 29.0. The van der Waals surface area contributed by atoms with Gasteiger partial charge in [-0.1, -0.05) is 109 Å². The Hall–Kier alpha value is -5.85. The molecule has 6 heteroatoms. The minimum absolute atomic E-state index is 0.285. The molecule has 0 radical (unpaired) electrons. The molecule has 0 fully saturated rings. The summed E-state index contributed by atoms with van der Waals surface area (Å²) in [6, 6.07) is 50.4. The van der Waals surface area contributed by atoms with Gasteiger partial charge in [0.05, 0.1) is 22.8 Å². The number of benzene rings is 6. The monoisotopic (exact) mass is 670 g/mol. The van der Waals surface area contributed by atoms with E-state index in [0.29, 0.717) is 0 Å². The quantitative estimate of drug-likeness (QED) is 0.119. The van der Waals surface area contributed by atoms with Crippen LogP contribution in [-0.4, -0.2) is 19.4 Å². The third-order valence-electron chi connectivity index (χ3n) is 9.42. The fraction of sp³-hybridized carbons (Fsp3) is 0.0909. The second-order valence-corrected chi connectivity index (χ2v) is 13.6. The van der Waals surface area contributed by atoms with Gasteiger partial charge in [-0.3, -0.25) is 0 Å². The Bertz CT molecular complexity index is 2350.